The summed E-state index contributed by atoms with van der Waals surface area (Å²) in [7, 11) is -3.60. The number of halogens is 1. The van der Waals surface area contributed by atoms with Crippen LogP contribution in [0.1, 0.15) is 25.6 Å². The van der Waals surface area contributed by atoms with Crippen molar-refractivity contribution >= 4 is 38.6 Å². The molecule has 2 rings (SSSR count). The van der Waals surface area contributed by atoms with Crippen molar-refractivity contribution in [3.8, 4) is 0 Å². The van der Waals surface area contributed by atoms with Gasteiger partial charge in [0.15, 0.2) is 4.47 Å². The minimum Gasteiger partial charge on any atom is -0.379 e. The Labute approximate surface area is 139 Å². The van der Waals surface area contributed by atoms with E-state index in [1.54, 1.807) is 51.2 Å². The van der Waals surface area contributed by atoms with Gasteiger partial charge in [0.05, 0.1) is 12.2 Å². The molecule has 0 saturated heterocycles. The Bertz CT molecular complexity index is 751. The second-order valence-electron chi connectivity index (χ2n) is 5.78. The molecule has 1 aromatic carbocycles. The van der Waals surface area contributed by atoms with Crippen LogP contribution < -0.4 is 10.0 Å². The molecular formula is C14H18ClN3O2S2. The topological polar surface area (TPSA) is 71.1 Å². The largest absolute Gasteiger partial charge is 0.379 e. The first-order valence-electron chi connectivity index (χ1n) is 6.64. The Balaban J connectivity index is 2.23. The van der Waals surface area contributed by atoms with Gasteiger partial charge in [0.25, 0.3) is 0 Å². The summed E-state index contributed by atoms with van der Waals surface area (Å²) in [5.41, 5.74) is 0.000658. The summed E-state index contributed by atoms with van der Waals surface area (Å²) in [6, 6.07) is 6.81. The Kier molecular flexibility index (Phi) is 5.11. The minimum absolute atomic E-state index is 0.223. The van der Waals surface area contributed by atoms with Crippen LogP contribution in [0.5, 0.6) is 0 Å². The number of aromatic nitrogens is 1. The highest BCUT2D eigenvalue weighted by atomic mass is 35.5. The fraction of sp³-hybridized carbons (Fsp3) is 0.357. The van der Waals surface area contributed by atoms with Crippen LogP contribution in [0.25, 0.3) is 0 Å². The zero-order valence-corrected chi connectivity index (χ0v) is 14.9. The van der Waals surface area contributed by atoms with Crippen LogP contribution in [-0.4, -0.2) is 18.9 Å². The molecule has 0 radical (unpaired) electrons. The number of hydrogen-bond donors (Lipinski definition) is 2. The van der Waals surface area contributed by atoms with E-state index < -0.39 is 15.6 Å². The van der Waals surface area contributed by atoms with E-state index in [1.807, 2.05) is 0 Å². The number of sulfonamides is 1. The Morgan fingerprint density at radius 2 is 1.95 bits per heavy atom. The fourth-order valence-electron chi connectivity index (χ4n) is 1.85. The van der Waals surface area contributed by atoms with Gasteiger partial charge in [-0.3, -0.25) is 0 Å². The van der Waals surface area contributed by atoms with Crippen LogP contribution in [0.4, 0.5) is 5.69 Å². The average Bonchev–Trinajstić information content (AvgIpc) is 2.80. The molecule has 120 valence electrons. The molecule has 22 heavy (non-hydrogen) atoms. The zero-order chi connectivity index (χ0) is 16.4. The molecule has 5 nitrogen and oxygen atoms in total. The standard InChI is InChI=1S/C14H18ClN3O2S2/c1-14(2,3)18-22(19,20)12-7-5-4-6-11(12)16-8-10-9-17-13(15)21-10/h4-7,9,16,18H,8H2,1-3H3. The molecule has 2 aromatic rings. The molecule has 0 spiro atoms. The van der Waals surface area contributed by atoms with Gasteiger partial charge in [0, 0.05) is 16.6 Å². The van der Waals surface area contributed by atoms with Crippen LogP contribution in [0.3, 0.4) is 0 Å². The van der Waals surface area contributed by atoms with Gasteiger partial charge in [-0.25, -0.2) is 18.1 Å². The average molecular weight is 360 g/mol. The summed E-state index contributed by atoms with van der Waals surface area (Å²) in [4.78, 5) is 5.12. The molecule has 2 N–H and O–H groups in total. The highest BCUT2D eigenvalue weighted by molar-refractivity contribution is 7.89. The molecule has 0 fully saturated rings. The number of para-hydroxylation sites is 1. The maximum absolute atomic E-state index is 12.5. The predicted octanol–water partition coefficient (Wildman–Crippen LogP) is 3.49. The highest BCUT2D eigenvalue weighted by Crippen LogP contribution is 2.24. The van der Waals surface area contributed by atoms with Crippen molar-refractivity contribution in [2.24, 2.45) is 0 Å². The van der Waals surface area contributed by atoms with Gasteiger partial charge in [-0.2, -0.15) is 0 Å². The summed E-state index contributed by atoms with van der Waals surface area (Å²) in [6.45, 7) is 5.88. The van der Waals surface area contributed by atoms with Crippen molar-refractivity contribution in [2.75, 3.05) is 5.32 Å². The van der Waals surface area contributed by atoms with E-state index in [9.17, 15) is 8.42 Å². The Hall–Kier alpha value is -1.15. The molecule has 1 heterocycles. The molecule has 0 unspecified atom stereocenters. The normalized spacial score (nSPS) is 12.4. The summed E-state index contributed by atoms with van der Waals surface area (Å²) in [5, 5.41) is 3.13. The second kappa shape index (κ2) is 6.54. The van der Waals surface area contributed by atoms with E-state index in [1.165, 1.54) is 11.3 Å². The fourth-order valence-corrected chi connectivity index (χ4v) is 4.37. The van der Waals surface area contributed by atoms with Crippen molar-refractivity contribution in [1.29, 1.82) is 0 Å². The van der Waals surface area contributed by atoms with Gasteiger partial charge >= 0.3 is 0 Å². The number of rotatable bonds is 5. The van der Waals surface area contributed by atoms with Crippen LogP contribution >= 0.6 is 22.9 Å². The molecule has 0 aliphatic rings. The van der Waals surface area contributed by atoms with Gasteiger partial charge in [0.2, 0.25) is 10.0 Å². The third-order valence-corrected chi connectivity index (χ3v) is 5.53. The van der Waals surface area contributed by atoms with E-state index >= 15 is 0 Å². The first-order chi connectivity index (χ1) is 10.2. The number of hydrogen-bond acceptors (Lipinski definition) is 5. The summed E-state index contributed by atoms with van der Waals surface area (Å²) in [5.74, 6) is 0. The Morgan fingerprint density at radius 3 is 2.55 bits per heavy atom. The van der Waals surface area contributed by atoms with Crippen molar-refractivity contribution < 1.29 is 8.42 Å². The van der Waals surface area contributed by atoms with Gasteiger partial charge < -0.3 is 5.32 Å². The molecule has 0 bridgehead atoms. The van der Waals surface area contributed by atoms with E-state index in [0.717, 1.165) is 4.88 Å². The Morgan fingerprint density at radius 1 is 1.27 bits per heavy atom. The lowest BCUT2D eigenvalue weighted by Crippen LogP contribution is -2.40. The highest BCUT2D eigenvalue weighted by Gasteiger charge is 2.24. The van der Waals surface area contributed by atoms with Crippen molar-refractivity contribution in [3.63, 3.8) is 0 Å². The third-order valence-electron chi connectivity index (χ3n) is 2.60. The maximum atomic E-state index is 12.5. The van der Waals surface area contributed by atoms with Crippen LogP contribution in [0, 0.1) is 0 Å². The van der Waals surface area contributed by atoms with Gasteiger partial charge in [0.1, 0.15) is 4.90 Å². The minimum atomic E-state index is -3.60. The summed E-state index contributed by atoms with van der Waals surface area (Å²) in [6.07, 6.45) is 1.67. The number of thiazole rings is 1. The second-order valence-corrected chi connectivity index (χ2v) is 9.13. The van der Waals surface area contributed by atoms with Crippen molar-refractivity contribution in [3.05, 3.63) is 39.8 Å². The zero-order valence-electron chi connectivity index (χ0n) is 12.6. The summed E-state index contributed by atoms with van der Waals surface area (Å²) < 4.78 is 28.1. The van der Waals surface area contributed by atoms with E-state index in [-0.39, 0.29) is 4.90 Å². The van der Waals surface area contributed by atoms with Gasteiger partial charge in [-0.15, -0.1) is 11.3 Å². The molecular weight excluding hydrogens is 342 g/mol. The quantitative estimate of drug-likeness (QED) is 0.857. The monoisotopic (exact) mass is 359 g/mol. The first kappa shape index (κ1) is 17.2. The lowest BCUT2D eigenvalue weighted by molar-refractivity contribution is 0.491. The molecule has 0 atom stereocenters. The number of nitrogens with zero attached hydrogens (tertiary/aromatic N) is 1. The molecule has 8 heteroatoms. The number of benzene rings is 1. The molecule has 0 aliphatic carbocycles. The number of nitrogens with one attached hydrogen (secondary N) is 2. The molecule has 0 aliphatic heterocycles. The lowest BCUT2D eigenvalue weighted by atomic mass is 10.1. The predicted molar refractivity (Wildman–Crippen MR) is 91.0 cm³/mol. The molecule has 0 amide bonds. The SMILES string of the molecule is CC(C)(C)NS(=O)(=O)c1ccccc1NCc1cnc(Cl)s1. The van der Waals surface area contributed by atoms with Gasteiger partial charge in [-0.1, -0.05) is 23.7 Å². The third kappa shape index (κ3) is 4.67. The number of anilines is 1. The van der Waals surface area contributed by atoms with Gasteiger partial charge in [-0.05, 0) is 32.9 Å². The first-order valence-corrected chi connectivity index (χ1v) is 9.32. The lowest BCUT2D eigenvalue weighted by Gasteiger charge is -2.21. The maximum Gasteiger partial charge on any atom is 0.243 e. The summed E-state index contributed by atoms with van der Waals surface area (Å²) >= 11 is 7.15. The molecule has 0 saturated carbocycles. The molecule has 1 aromatic heterocycles. The van der Waals surface area contributed by atoms with Crippen LogP contribution in [-0.2, 0) is 16.6 Å². The van der Waals surface area contributed by atoms with Crippen LogP contribution in [0.2, 0.25) is 4.47 Å². The van der Waals surface area contributed by atoms with Crippen molar-refractivity contribution in [1.82, 2.24) is 9.71 Å². The van der Waals surface area contributed by atoms with Crippen LogP contribution in [0.15, 0.2) is 35.4 Å². The van der Waals surface area contributed by atoms with E-state index in [4.69, 9.17) is 11.6 Å². The van der Waals surface area contributed by atoms with E-state index in [0.29, 0.717) is 16.7 Å². The van der Waals surface area contributed by atoms with E-state index in [2.05, 4.69) is 15.0 Å². The van der Waals surface area contributed by atoms with Crippen molar-refractivity contribution in [2.45, 2.75) is 37.8 Å². The smallest absolute Gasteiger partial charge is 0.243 e.